The summed E-state index contributed by atoms with van der Waals surface area (Å²) in [5.74, 6) is 0.605. The van der Waals surface area contributed by atoms with Gasteiger partial charge in [-0.15, -0.1) is 12.3 Å². The summed E-state index contributed by atoms with van der Waals surface area (Å²) in [4.78, 5) is 22.7. The lowest BCUT2D eigenvalue weighted by molar-refractivity contribution is -0.117. The van der Waals surface area contributed by atoms with Crippen LogP contribution in [0, 0.1) is 12.3 Å². The summed E-state index contributed by atoms with van der Waals surface area (Å²) in [6.07, 6.45) is 5.14. The summed E-state index contributed by atoms with van der Waals surface area (Å²) in [6.45, 7) is 0. The Labute approximate surface area is 112 Å². The van der Waals surface area contributed by atoms with Crippen LogP contribution in [-0.2, 0) is 4.79 Å². The number of para-hydroxylation sites is 1. The Morgan fingerprint density at radius 3 is 2.78 bits per heavy atom. The second-order valence-corrected chi connectivity index (χ2v) is 4.33. The van der Waals surface area contributed by atoms with Crippen LogP contribution in [0.4, 0.5) is 5.69 Å². The quantitative estimate of drug-likeness (QED) is 0.734. The van der Waals surface area contributed by atoms with Gasteiger partial charge in [-0.25, -0.2) is 4.79 Å². The van der Waals surface area contributed by atoms with Crippen molar-refractivity contribution < 1.29 is 14.7 Å². The number of halogens is 1. The molecule has 0 heterocycles. The number of carbonyl (C=O) groups is 2. The van der Waals surface area contributed by atoms with E-state index in [9.17, 15) is 9.59 Å². The summed E-state index contributed by atoms with van der Waals surface area (Å²) in [5.41, 5.74) is 5.68. The molecular formula is C12H11BrN2O3. The van der Waals surface area contributed by atoms with Gasteiger partial charge in [0.05, 0.1) is 17.3 Å². The van der Waals surface area contributed by atoms with E-state index in [1.165, 1.54) is 6.07 Å². The topological polar surface area (TPSA) is 92.4 Å². The number of nitrogens with one attached hydrogen (secondary N) is 1. The highest BCUT2D eigenvalue weighted by Gasteiger charge is 2.18. The van der Waals surface area contributed by atoms with Crippen LogP contribution in [0.3, 0.4) is 0 Å². The van der Waals surface area contributed by atoms with Crippen molar-refractivity contribution >= 4 is 33.5 Å². The highest BCUT2D eigenvalue weighted by atomic mass is 79.9. The van der Waals surface area contributed by atoms with Crippen molar-refractivity contribution in [3.63, 3.8) is 0 Å². The lowest BCUT2D eigenvalue weighted by atomic mass is 10.1. The first-order valence-electron chi connectivity index (χ1n) is 4.99. The zero-order valence-corrected chi connectivity index (χ0v) is 10.9. The molecule has 0 fully saturated rings. The van der Waals surface area contributed by atoms with E-state index in [4.69, 9.17) is 17.3 Å². The number of hydrogen-bond donors (Lipinski definition) is 3. The van der Waals surface area contributed by atoms with Gasteiger partial charge in [-0.2, -0.15) is 0 Å². The molecule has 0 aliphatic rings. The van der Waals surface area contributed by atoms with E-state index in [1.54, 1.807) is 12.1 Å². The van der Waals surface area contributed by atoms with E-state index in [2.05, 4.69) is 27.2 Å². The van der Waals surface area contributed by atoms with Crippen LogP contribution < -0.4 is 11.1 Å². The average Bonchev–Trinajstić information content (AvgIpc) is 2.31. The largest absolute Gasteiger partial charge is 0.478 e. The van der Waals surface area contributed by atoms with Gasteiger partial charge in [0.25, 0.3) is 0 Å². The normalized spacial score (nSPS) is 11.4. The van der Waals surface area contributed by atoms with Gasteiger partial charge in [0, 0.05) is 10.9 Å². The molecule has 0 aliphatic carbocycles. The summed E-state index contributed by atoms with van der Waals surface area (Å²) in [7, 11) is 0. The molecule has 0 radical (unpaired) electrons. The SMILES string of the molecule is C#CCC(N)C(=O)Nc1c(Br)cccc1C(=O)O. The number of rotatable bonds is 4. The highest BCUT2D eigenvalue weighted by molar-refractivity contribution is 9.10. The van der Waals surface area contributed by atoms with E-state index >= 15 is 0 Å². The molecule has 1 atom stereocenters. The van der Waals surface area contributed by atoms with Crippen molar-refractivity contribution in [1.29, 1.82) is 0 Å². The van der Waals surface area contributed by atoms with E-state index in [0.29, 0.717) is 4.47 Å². The number of carbonyl (C=O) groups excluding carboxylic acids is 1. The van der Waals surface area contributed by atoms with E-state index in [1.807, 2.05) is 0 Å². The van der Waals surface area contributed by atoms with Crippen molar-refractivity contribution in [2.24, 2.45) is 5.73 Å². The minimum Gasteiger partial charge on any atom is -0.478 e. The third-order valence-corrected chi connectivity index (χ3v) is 2.83. The Morgan fingerprint density at radius 2 is 2.22 bits per heavy atom. The van der Waals surface area contributed by atoms with Gasteiger partial charge < -0.3 is 16.2 Å². The molecule has 0 saturated carbocycles. The van der Waals surface area contributed by atoms with Gasteiger partial charge >= 0.3 is 5.97 Å². The molecule has 18 heavy (non-hydrogen) atoms. The van der Waals surface area contributed by atoms with Crippen LogP contribution in [0.15, 0.2) is 22.7 Å². The van der Waals surface area contributed by atoms with Gasteiger partial charge in [0.1, 0.15) is 0 Å². The minimum atomic E-state index is -1.14. The molecule has 0 aromatic heterocycles. The minimum absolute atomic E-state index is 0.0226. The predicted octanol–water partition coefficient (Wildman–Crippen LogP) is 1.44. The second-order valence-electron chi connectivity index (χ2n) is 3.47. The summed E-state index contributed by atoms with van der Waals surface area (Å²) < 4.78 is 0.462. The number of carboxylic acid groups (broad SMARTS) is 1. The average molecular weight is 311 g/mol. The fraction of sp³-hybridized carbons (Fsp3) is 0.167. The Morgan fingerprint density at radius 1 is 1.56 bits per heavy atom. The summed E-state index contributed by atoms with van der Waals surface area (Å²) >= 11 is 3.17. The third kappa shape index (κ3) is 3.32. The van der Waals surface area contributed by atoms with Gasteiger partial charge in [-0.3, -0.25) is 4.79 Å². The molecule has 0 bridgehead atoms. The summed E-state index contributed by atoms with van der Waals surface area (Å²) in [6, 6.07) is 3.69. The van der Waals surface area contributed by atoms with Gasteiger partial charge in [-0.05, 0) is 28.1 Å². The van der Waals surface area contributed by atoms with Crippen LogP contribution >= 0.6 is 15.9 Å². The van der Waals surface area contributed by atoms with Crippen molar-refractivity contribution in [3.05, 3.63) is 28.2 Å². The van der Waals surface area contributed by atoms with Crippen molar-refractivity contribution in [3.8, 4) is 12.3 Å². The maximum absolute atomic E-state index is 11.7. The first kappa shape index (κ1) is 14.2. The second kappa shape index (κ2) is 6.19. The van der Waals surface area contributed by atoms with Crippen LogP contribution in [0.2, 0.25) is 0 Å². The molecule has 0 spiro atoms. The number of hydrogen-bond acceptors (Lipinski definition) is 3. The van der Waals surface area contributed by atoms with Crippen molar-refractivity contribution in [2.75, 3.05) is 5.32 Å². The first-order valence-corrected chi connectivity index (χ1v) is 5.78. The predicted molar refractivity (Wildman–Crippen MR) is 71.2 cm³/mol. The van der Waals surface area contributed by atoms with Gasteiger partial charge in [0.15, 0.2) is 0 Å². The molecule has 6 heteroatoms. The molecule has 0 saturated heterocycles. The molecule has 1 unspecified atom stereocenters. The van der Waals surface area contributed by atoms with E-state index in [-0.39, 0.29) is 17.7 Å². The van der Waals surface area contributed by atoms with Gasteiger partial charge in [0.2, 0.25) is 5.91 Å². The number of terminal acetylenes is 1. The number of carboxylic acids is 1. The zero-order chi connectivity index (χ0) is 13.7. The molecule has 1 aromatic rings. The number of nitrogens with two attached hydrogens (primary N) is 1. The van der Waals surface area contributed by atoms with Gasteiger partial charge in [-0.1, -0.05) is 6.07 Å². The standard InChI is InChI=1S/C12H11BrN2O3/c1-2-4-9(14)11(16)15-10-7(12(17)18)5-3-6-8(10)13/h1,3,5-6,9H,4,14H2,(H,15,16)(H,17,18). The molecular weight excluding hydrogens is 300 g/mol. The molecule has 4 N–H and O–H groups in total. The molecule has 5 nitrogen and oxygen atoms in total. The fourth-order valence-electron chi connectivity index (χ4n) is 1.26. The van der Waals surface area contributed by atoms with Crippen LogP contribution in [0.1, 0.15) is 16.8 Å². The molecule has 1 amide bonds. The Hall–Kier alpha value is -1.84. The first-order chi connectivity index (χ1) is 8.47. The lowest BCUT2D eigenvalue weighted by Crippen LogP contribution is -2.35. The Kier molecular flexibility index (Phi) is 4.89. The maximum atomic E-state index is 11.7. The summed E-state index contributed by atoms with van der Waals surface area (Å²) in [5, 5.41) is 11.5. The number of anilines is 1. The Balaban J connectivity index is 3.01. The molecule has 1 rings (SSSR count). The lowest BCUT2D eigenvalue weighted by Gasteiger charge is -2.13. The Bertz CT molecular complexity index is 523. The van der Waals surface area contributed by atoms with Crippen LogP contribution in [0.25, 0.3) is 0 Å². The molecule has 1 aromatic carbocycles. The maximum Gasteiger partial charge on any atom is 0.337 e. The fourth-order valence-corrected chi connectivity index (χ4v) is 1.73. The monoisotopic (exact) mass is 310 g/mol. The third-order valence-electron chi connectivity index (χ3n) is 2.17. The molecule has 0 aliphatic heterocycles. The van der Waals surface area contributed by atoms with E-state index < -0.39 is 17.9 Å². The smallest absolute Gasteiger partial charge is 0.337 e. The molecule has 94 valence electrons. The zero-order valence-electron chi connectivity index (χ0n) is 9.31. The van der Waals surface area contributed by atoms with Crippen LogP contribution in [0.5, 0.6) is 0 Å². The number of aromatic carboxylic acids is 1. The number of amides is 1. The van der Waals surface area contributed by atoms with E-state index in [0.717, 1.165) is 0 Å². The van der Waals surface area contributed by atoms with Crippen molar-refractivity contribution in [1.82, 2.24) is 0 Å². The highest BCUT2D eigenvalue weighted by Crippen LogP contribution is 2.26. The van der Waals surface area contributed by atoms with Crippen molar-refractivity contribution in [2.45, 2.75) is 12.5 Å². The number of benzene rings is 1. The van der Waals surface area contributed by atoms with Crippen LogP contribution in [-0.4, -0.2) is 23.0 Å².